The van der Waals surface area contributed by atoms with Crippen molar-refractivity contribution in [3.8, 4) is 10.6 Å². The summed E-state index contributed by atoms with van der Waals surface area (Å²) in [4.78, 5) is 20.0. The molecule has 0 bridgehead atoms. The Balaban J connectivity index is 1.83. The number of morpholine rings is 1. The van der Waals surface area contributed by atoms with Crippen LogP contribution in [0.25, 0.3) is 10.6 Å². The first-order valence-corrected chi connectivity index (χ1v) is 8.87. The van der Waals surface area contributed by atoms with Gasteiger partial charge in [-0.05, 0) is 25.8 Å². The van der Waals surface area contributed by atoms with E-state index < -0.39 is 0 Å². The fourth-order valence-corrected chi connectivity index (χ4v) is 3.79. The van der Waals surface area contributed by atoms with Gasteiger partial charge in [-0.1, -0.05) is 31.2 Å². The quantitative estimate of drug-likeness (QED) is 0.864. The molecule has 1 aromatic carbocycles. The monoisotopic (exact) mass is 330 g/mol. The number of ether oxygens (including phenoxy) is 1. The van der Waals surface area contributed by atoms with Gasteiger partial charge in [-0.2, -0.15) is 0 Å². The molecule has 1 aliphatic rings. The summed E-state index contributed by atoms with van der Waals surface area (Å²) >= 11 is 1.49. The minimum Gasteiger partial charge on any atom is -0.375 e. The number of aromatic nitrogens is 1. The highest BCUT2D eigenvalue weighted by atomic mass is 32.1. The fourth-order valence-electron chi connectivity index (χ4n) is 2.75. The molecule has 1 unspecified atom stereocenters. The Labute approximate surface area is 141 Å². The smallest absolute Gasteiger partial charge is 0.266 e. The first-order valence-electron chi connectivity index (χ1n) is 8.06. The molecule has 1 aromatic heterocycles. The summed E-state index contributed by atoms with van der Waals surface area (Å²) in [6.45, 7) is 7.97. The van der Waals surface area contributed by atoms with Crippen molar-refractivity contribution in [1.82, 2.24) is 9.88 Å². The molecule has 0 spiro atoms. The number of aryl methyl sites for hydroxylation is 2. The molecule has 5 heteroatoms. The van der Waals surface area contributed by atoms with Gasteiger partial charge in [0.05, 0.1) is 18.4 Å². The van der Waals surface area contributed by atoms with Crippen molar-refractivity contribution in [2.75, 3.05) is 19.7 Å². The maximum atomic E-state index is 12.8. The second-order valence-corrected chi connectivity index (χ2v) is 6.92. The van der Waals surface area contributed by atoms with Crippen molar-refractivity contribution in [3.05, 3.63) is 40.4 Å². The van der Waals surface area contributed by atoms with Crippen molar-refractivity contribution in [3.63, 3.8) is 0 Å². The minimum absolute atomic E-state index is 0.0755. The van der Waals surface area contributed by atoms with Crippen molar-refractivity contribution >= 4 is 17.2 Å². The van der Waals surface area contributed by atoms with Gasteiger partial charge in [-0.15, -0.1) is 11.3 Å². The summed E-state index contributed by atoms with van der Waals surface area (Å²) in [5.74, 6) is 0.0755. The molecule has 1 aliphatic heterocycles. The van der Waals surface area contributed by atoms with Gasteiger partial charge in [0.25, 0.3) is 5.91 Å². The van der Waals surface area contributed by atoms with Crippen molar-refractivity contribution in [2.45, 2.75) is 33.3 Å². The lowest BCUT2D eigenvalue weighted by Crippen LogP contribution is -2.44. The molecule has 2 aromatic rings. The van der Waals surface area contributed by atoms with E-state index in [4.69, 9.17) is 4.74 Å². The van der Waals surface area contributed by atoms with Gasteiger partial charge in [0.2, 0.25) is 0 Å². The molecule has 1 amide bonds. The zero-order chi connectivity index (χ0) is 16.4. The number of thiazole rings is 1. The Bertz CT molecular complexity index is 694. The van der Waals surface area contributed by atoms with Crippen LogP contribution in [0.15, 0.2) is 24.3 Å². The number of rotatable bonds is 3. The zero-order valence-electron chi connectivity index (χ0n) is 13.8. The van der Waals surface area contributed by atoms with Crippen LogP contribution in [-0.4, -0.2) is 41.6 Å². The Hall–Kier alpha value is -1.72. The molecule has 2 heterocycles. The van der Waals surface area contributed by atoms with Gasteiger partial charge in [-0.25, -0.2) is 4.98 Å². The lowest BCUT2D eigenvalue weighted by atomic mass is 10.1. The van der Waals surface area contributed by atoms with Gasteiger partial charge in [0.15, 0.2) is 0 Å². The standard InChI is InChI=1S/C18H22N2O2S/c1-4-14-5-7-15(8-6-14)17-19-13(3)16(23-17)18(21)20-9-10-22-12(2)11-20/h5-8,12H,4,9-11H2,1-3H3. The highest BCUT2D eigenvalue weighted by molar-refractivity contribution is 7.17. The third kappa shape index (κ3) is 3.46. The predicted octanol–water partition coefficient (Wildman–Crippen LogP) is 3.54. The normalized spacial score (nSPS) is 18.2. The second-order valence-electron chi connectivity index (χ2n) is 5.92. The molecule has 0 N–H and O–H groups in total. The Morgan fingerprint density at radius 2 is 2.13 bits per heavy atom. The van der Waals surface area contributed by atoms with E-state index in [-0.39, 0.29) is 12.0 Å². The molecule has 0 saturated carbocycles. The second kappa shape index (κ2) is 6.81. The molecule has 1 saturated heterocycles. The summed E-state index contributed by atoms with van der Waals surface area (Å²) in [6.07, 6.45) is 1.12. The topological polar surface area (TPSA) is 42.4 Å². The number of carbonyl (C=O) groups excluding carboxylic acids is 1. The number of hydrogen-bond donors (Lipinski definition) is 0. The average Bonchev–Trinajstić information content (AvgIpc) is 2.96. The van der Waals surface area contributed by atoms with E-state index in [1.165, 1.54) is 16.9 Å². The summed E-state index contributed by atoms with van der Waals surface area (Å²) in [5, 5.41) is 0.912. The molecule has 1 fully saturated rings. The van der Waals surface area contributed by atoms with Crippen LogP contribution in [0.2, 0.25) is 0 Å². The van der Waals surface area contributed by atoms with Crippen LogP contribution in [0, 0.1) is 6.92 Å². The molecule has 4 nitrogen and oxygen atoms in total. The van der Waals surface area contributed by atoms with Crippen molar-refractivity contribution < 1.29 is 9.53 Å². The van der Waals surface area contributed by atoms with Gasteiger partial charge in [-0.3, -0.25) is 4.79 Å². The number of carbonyl (C=O) groups is 1. The zero-order valence-corrected chi connectivity index (χ0v) is 14.7. The van der Waals surface area contributed by atoms with Crippen molar-refractivity contribution in [1.29, 1.82) is 0 Å². The minimum atomic E-state index is 0.0755. The Morgan fingerprint density at radius 3 is 2.78 bits per heavy atom. The van der Waals surface area contributed by atoms with Crippen molar-refractivity contribution in [2.24, 2.45) is 0 Å². The summed E-state index contributed by atoms with van der Waals surface area (Å²) in [7, 11) is 0. The number of benzene rings is 1. The largest absolute Gasteiger partial charge is 0.375 e. The first kappa shape index (κ1) is 16.1. The first-order chi connectivity index (χ1) is 11.1. The van der Waals surface area contributed by atoms with E-state index >= 15 is 0 Å². The Morgan fingerprint density at radius 1 is 1.39 bits per heavy atom. The molecule has 1 atom stereocenters. The van der Waals surface area contributed by atoms with Crippen LogP contribution in [0.1, 0.15) is 34.8 Å². The third-order valence-electron chi connectivity index (χ3n) is 4.13. The molecular weight excluding hydrogens is 308 g/mol. The highest BCUT2D eigenvalue weighted by Crippen LogP contribution is 2.29. The van der Waals surface area contributed by atoms with Crippen LogP contribution in [0.5, 0.6) is 0 Å². The van der Waals surface area contributed by atoms with Gasteiger partial charge < -0.3 is 9.64 Å². The molecule has 122 valence electrons. The average molecular weight is 330 g/mol. The maximum Gasteiger partial charge on any atom is 0.266 e. The van der Waals surface area contributed by atoms with E-state index in [0.29, 0.717) is 19.7 Å². The molecule has 3 rings (SSSR count). The molecular formula is C18H22N2O2S. The van der Waals surface area contributed by atoms with Crippen LogP contribution in [0.4, 0.5) is 0 Å². The predicted molar refractivity (Wildman–Crippen MR) is 93.0 cm³/mol. The lowest BCUT2D eigenvalue weighted by Gasteiger charge is -2.30. The summed E-state index contributed by atoms with van der Waals surface area (Å²) < 4.78 is 5.51. The van der Waals surface area contributed by atoms with E-state index in [0.717, 1.165) is 27.6 Å². The summed E-state index contributed by atoms with van der Waals surface area (Å²) in [6, 6.07) is 8.42. The number of nitrogens with zero attached hydrogens (tertiary/aromatic N) is 2. The molecule has 23 heavy (non-hydrogen) atoms. The van der Waals surface area contributed by atoms with E-state index in [1.54, 1.807) is 0 Å². The van der Waals surface area contributed by atoms with E-state index in [9.17, 15) is 4.79 Å². The maximum absolute atomic E-state index is 12.8. The van der Waals surface area contributed by atoms with E-state index in [1.807, 2.05) is 18.7 Å². The highest BCUT2D eigenvalue weighted by Gasteiger charge is 2.26. The number of hydrogen-bond acceptors (Lipinski definition) is 4. The van der Waals surface area contributed by atoms with Gasteiger partial charge in [0.1, 0.15) is 9.88 Å². The Kier molecular flexibility index (Phi) is 4.78. The number of amides is 1. The van der Waals surface area contributed by atoms with Crippen LogP contribution in [0.3, 0.4) is 0 Å². The van der Waals surface area contributed by atoms with Crippen LogP contribution in [-0.2, 0) is 11.2 Å². The SMILES string of the molecule is CCc1ccc(-c2nc(C)c(C(=O)N3CCOC(C)C3)s2)cc1. The van der Waals surface area contributed by atoms with Crippen LogP contribution < -0.4 is 0 Å². The van der Waals surface area contributed by atoms with E-state index in [2.05, 4.69) is 36.2 Å². The third-order valence-corrected chi connectivity index (χ3v) is 5.32. The van der Waals surface area contributed by atoms with Gasteiger partial charge >= 0.3 is 0 Å². The van der Waals surface area contributed by atoms with Gasteiger partial charge in [0, 0.05) is 18.7 Å². The van der Waals surface area contributed by atoms with Crippen LogP contribution >= 0.6 is 11.3 Å². The summed E-state index contributed by atoms with van der Waals surface area (Å²) in [5.41, 5.74) is 3.19. The molecule has 0 radical (unpaired) electrons. The lowest BCUT2D eigenvalue weighted by molar-refractivity contribution is -0.0122. The molecule has 0 aliphatic carbocycles. The fraction of sp³-hybridized carbons (Fsp3) is 0.444.